The molecule has 0 spiro atoms. The van der Waals surface area contributed by atoms with E-state index in [0.717, 1.165) is 43.6 Å². The Morgan fingerprint density at radius 1 is 0.346 bits per heavy atom. The zero-order chi connectivity index (χ0) is 54.8. The Hall–Kier alpha value is -1.68. The SMILES string of the molecule is CCCCCCCCCCCCC(CCCCCCCCCC)Cc1cc(C2=C3SC(=O)C(c4cc(CC(CCCCCCCCCC)CCCCCCCCCCCC)c(-c5cccs5)s4)=C3SC2=O)sc1-c1cccs1. The molecule has 0 amide bonds. The molecule has 2 unspecified atom stereocenters. The molecule has 0 aromatic carbocycles. The molecule has 2 nitrogen and oxygen atoms in total. The van der Waals surface area contributed by atoms with E-state index in [1.807, 2.05) is 45.3 Å². The summed E-state index contributed by atoms with van der Waals surface area (Å²) < 4.78 is 0. The molecule has 0 saturated heterocycles. The van der Waals surface area contributed by atoms with E-state index in [4.69, 9.17) is 0 Å². The zero-order valence-electron chi connectivity index (χ0n) is 49.7. The molecule has 4 aromatic rings. The van der Waals surface area contributed by atoms with Crippen LogP contribution in [0.5, 0.6) is 0 Å². The van der Waals surface area contributed by atoms with E-state index in [1.54, 1.807) is 0 Å². The van der Waals surface area contributed by atoms with Crippen LogP contribution in [0.4, 0.5) is 0 Å². The summed E-state index contributed by atoms with van der Waals surface area (Å²) in [5, 5.41) is 4.63. The second-order valence-corrected chi connectivity index (χ2v) is 29.6. The van der Waals surface area contributed by atoms with Gasteiger partial charge in [-0.15, -0.1) is 45.3 Å². The van der Waals surface area contributed by atoms with Crippen LogP contribution in [0.25, 0.3) is 30.7 Å². The third-order valence-corrected chi connectivity index (χ3v) is 23.6. The van der Waals surface area contributed by atoms with Crippen molar-refractivity contribution in [3.8, 4) is 19.5 Å². The van der Waals surface area contributed by atoms with Gasteiger partial charge in [0, 0.05) is 39.1 Å². The highest BCUT2D eigenvalue weighted by atomic mass is 32.2. The molecular weight excluding hydrogens is 1070 g/mol. The van der Waals surface area contributed by atoms with Gasteiger partial charge in [-0.2, -0.15) is 0 Å². The van der Waals surface area contributed by atoms with Crippen molar-refractivity contribution in [2.45, 2.75) is 297 Å². The topological polar surface area (TPSA) is 34.1 Å². The van der Waals surface area contributed by atoms with E-state index in [2.05, 4.69) is 74.9 Å². The minimum absolute atomic E-state index is 0.112. The van der Waals surface area contributed by atoms with E-state index in [0.29, 0.717) is 11.8 Å². The molecule has 6 heterocycles. The number of rotatable bonds is 48. The minimum Gasteiger partial charge on any atom is -0.281 e. The van der Waals surface area contributed by atoms with Gasteiger partial charge >= 0.3 is 0 Å². The van der Waals surface area contributed by atoms with Crippen molar-refractivity contribution in [3.05, 3.63) is 77.8 Å². The predicted molar refractivity (Wildman–Crippen MR) is 356 cm³/mol. The highest BCUT2D eigenvalue weighted by molar-refractivity contribution is 8.25. The first kappa shape index (κ1) is 65.5. The van der Waals surface area contributed by atoms with Crippen molar-refractivity contribution in [2.75, 3.05) is 0 Å². The Balaban J connectivity index is 1.20. The third-order valence-electron chi connectivity index (χ3n) is 16.9. The number of thioether (sulfide) groups is 2. The number of hydrogen-bond acceptors (Lipinski definition) is 8. The van der Waals surface area contributed by atoms with Gasteiger partial charge in [0.2, 0.25) is 10.2 Å². The van der Waals surface area contributed by atoms with Crippen LogP contribution in [-0.4, -0.2) is 10.2 Å². The molecule has 0 N–H and O–H groups in total. The van der Waals surface area contributed by atoms with Gasteiger partial charge in [-0.3, -0.25) is 9.59 Å². The third kappa shape index (κ3) is 22.8. The highest BCUT2D eigenvalue weighted by Gasteiger charge is 2.42. The lowest BCUT2D eigenvalue weighted by Gasteiger charge is -2.17. The number of carbonyl (C=O) groups is 2. The first-order valence-electron chi connectivity index (χ1n) is 32.7. The number of carbonyl (C=O) groups excluding carboxylic acids is 2. The molecule has 8 heteroatoms. The molecule has 4 aromatic heterocycles. The van der Waals surface area contributed by atoms with Crippen molar-refractivity contribution in [1.82, 2.24) is 0 Å². The van der Waals surface area contributed by atoms with Crippen molar-refractivity contribution in [2.24, 2.45) is 11.8 Å². The summed E-state index contributed by atoms with van der Waals surface area (Å²) in [6, 6.07) is 13.7. The van der Waals surface area contributed by atoms with Crippen LogP contribution >= 0.6 is 68.9 Å². The maximum atomic E-state index is 14.5. The van der Waals surface area contributed by atoms with Gasteiger partial charge in [0.25, 0.3) is 0 Å². The summed E-state index contributed by atoms with van der Waals surface area (Å²) in [6.07, 6.45) is 56.6. The Kier molecular flexibility index (Phi) is 33.4. The van der Waals surface area contributed by atoms with Gasteiger partial charge in [-0.05, 0) is 94.4 Å². The van der Waals surface area contributed by atoms with Gasteiger partial charge in [0.05, 0.1) is 11.1 Å². The van der Waals surface area contributed by atoms with Gasteiger partial charge in [0.15, 0.2) is 0 Å². The Labute approximate surface area is 502 Å². The predicted octanol–water partition coefficient (Wildman–Crippen LogP) is 25.9. The lowest BCUT2D eigenvalue weighted by molar-refractivity contribution is -0.106. The molecule has 0 aliphatic carbocycles. The largest absolute Gasteiger partial charge is 0.281 e. The lowest BCUT2D eigenvalue weighted by Crippen LogP contribution is -2.06. The quantitative estimate of drug-likeness (QED) is 0.0413. The van der Waals surface area contributed by atoms with Crippen LogP contribution in [0.1, 0.15) is 305 Å². The summed E-state index contributed by atoms with van der Waals surface area (Å²) >= 11 is 9.93. The van der Waals surface area contributed by atoms with Crippen molar-refractivity contribution < 1.29 is 9.59 Å². The molecule has 0 saturated carbocycles. The molecule has 0 fully saturated rings. The van der Waals surface area contributed by atoms with E-state index in [1.165, 1.54) is 311 Å². The second kappa shape index (κ2) is 39.7. The first-order valence-corrected chi connectivity index (χ1v) is 37.7. The Morgan fingerprint density at radius 3 is 0.872 bits per heavy atom. The molecular formula is C70H106O2S6. The van der Waals surface area contributed by atoms with Crippen LogP contribution < -0.4 is 0 Å². The fraction of sp³-hybridized carbons (Fsp3) is 0.686. The summed E-state index contributed by atoms with van der Waals surface area (Å²) in [5.41, 5.74) is 4.39. The summed E-state index contributed by atoms with van der Waals surface area (Å²) in [4.78, 5) is 38.3. The van der Waals surface area contributed by atoms with E-state index in [9.17, 15) is 9.59 Å². The van der Waals surface area contributed by atoms with Crippen LogP contribution in [0.15, 0.2) is 57.0 Å². The molecule has 0 bridgehead atoms. The maximum absolute atomic E-state index is 14.5. The molecule has 434 valence electrons. The average molecular weight is 1170 g/mol. The van der Waals surface area contributed by atoms with Crippen molar-refractivity contribution in [1.29, 1.82) is 0 Å². The Morgan fingerprint density at radius 2 is 0.615 bits per heavy atom. The van der Waals surface area contributed by atoms with Crippen LogP contribution in [-0.2, 0) is 22.4 Å². The molecule has 2 atom stereocenters. The van der Waals surface area contributed by atoms with Gasteiger partial charge in [0.1, 0.15) is 0 Å². The molecule has 78 heavy (non-hydrogen) atoms. The van der Waals surface area contributed by atoms with Gasteiger partial charge < -0.3 is 0 Å². The van der Waals surface area contributed by atoms with E-state index in [-0.39, 0.29) is 10.2 Å². The van der Waals surface area contributed by atoms with E-state index < -0.39 is 0 Å². The molecule has 6 rings (SSSR count). The first-order chi connectivity index (χ1) is 38.4. The Bertz CT molecular complexity index is 2130. The van der Waals surface area contributed by atoms with Crippen LogP contribution in [0, 0.1) is 11.8 Å². The normalized spacial score (nSPS) is 14.5. The smallest absolute Gasteiger partial charge is 0.226 e. The fourth-order valence-electron chi connectivity index (χ4n) is 12.3. The molecule has 2 aliphatic heterocycles. The van der Waals surface area contributed by atoms with Crippen LogP contribution in [0.2, 0.25) is 0 Å². The number of thiophene rings is 4. The number of fused-ring (bicyclic) bond motifs is 1. The summed E-state index contributed by atoms with van der Waals surface area (Å²) in [5.74, 6) is 1.30. The van der Waals surface area contributed by atoms with E-state index >= 15 is 0 Å². The fourth-order valence-corrected chi connectivity index (χ4v) is 19.1. The minimum atomic E-state index is 0.112. The maximum Gasteiger partial charge on any atom is 0.226 e. The standard InChI is InChI=1S/C70H106O2S6/c1-5-9-13-17-21-25-27-31-35-39-45-55(43-37-33-29-23-19-15-11-7-3)51-57-53-61(75-65(57)59-47-41-49-73-59)63-67-68(78-69(63)71)64(70(72)77-67)62-54-58(66(76-62)60-48-42-50-74-60)52-56(44-38-34-30-24-20-16-12-8-4)46-40-36-32-28-26-22-18-14-10-6-2/h41-42,47-50,53-56H,5-40,43-46,51-52H2,1-4H3. The van der Waals surface area contributed by atoms with Gasteiger partial charge in [-0.1, -0.05) is 297 Å². The average Bonchev–Trinajstić information content (AvgIpc) is 4.52. The van der Waals surface area contributed by atoms with Crippen molar-refractivity contribution >= 4 is 90.2 Å². The summed E-state index contributed by atoms with van der Waals surface area (Å²) in [7, 11) is 0. The van der Waals surface area contributed by atoms with Crippen molar-refractivity contribution in [3.63, 3.8) is 0 Å². The highest BCUT2D eigenvalue weighted by Crippen LogP contribution is 2.59. The summed E-state index contributed by atoms with van der Waals surface area (Å²) in [6.45, 7) is 9.24. The molecule has 2 aliphatic rings. The van der Waals surface area contributed by atoms with Crippen LogP contribution in [0.3, 0.4) is 0 Å². The van der Waals surface area contributed by atoms with Gasteiger partial charge in [-0.25, -0.2) is 0 Å². The second-order valence-electron chi connectivity index (χ2n) is 23.7. The number of unbranched alkanes of at least 4 members (excludes halogenated alkanes) is 32. The number of hydrogen-bond donors (Lipinski definition) is 0. The monoisotopic (exact) mass is 1170 g/mol. The zero-order valence-corrected chi connectivity index (χ0v) is 54.6. The molecule has 0 radical (unpaired) electrons. The lowest BCUT2D eigenvalue weighted by atomic mass is 9.88.